The van der Waals surface area contributed by atoms with Gasteiger partial charge in [-0.25, -0.2) is 4.98 Å². The van der Waals surface area contributed by atoms with Crippen molar-refractivity contribution in [3.63, 3.8) is 0 Å². The van der Waals surface area contributed by atoms with Gasteiger partial charge in [-0.2, -0.15) is 0 Å². The van der Waals surface area contributed by atoms with Crippen LogP contribution in [0.15, 0.2) is 42.6 Å². The van der Waals surface area contributed by atoms with Crippen LogP contribution in [-0.4, -0.2) is 47.8 Å². The lowest BCUT2D eigenvalue weighted by Gasteiger charge is -2.35. The molecular weight excluding hydrogens is 460 g/mol. The molecule has 3 heterocycles. The van der Waals surface area contributed by atoms with Gasteiger partial charge in [0.05, 0.1) is 12.1 Å². The number of carbonyl (C=O) groups excluding carboxylic acids is 2. The molecule has 1 amide bonds. The Hall–Kier alpha value is -2.73. The minimum atomic E-state index is -0.219. The Labute approximate surface area is 221 Å². The lowest BCUT2D eigenvalue weighted by molar-refractivity contribution is -0.141. The normalized spacial score (nSPS) is 21.9. The van der Waals surface area contributed by atoms with E-state index < -0.39 is 0 Å². The SMILES string of the molecule is CNC(C)C(=O)CC(C(=O)N1CCCC1c1ccnc(N2CCCc3ccccc32)c1)C1CCCCC1. The molecule has 1 saturated heterocycles. The van der Waals surface area contributed by atoms with Crippen LogP contribution in [0, 0.1) is 11.8 Å². The molecule has 6 heteroatoms. The van der Waals surface area contributed by atoms with E-state index in [1.807, 2.05) is 20.2 Å². The quantitative estimate of drug-likeness (QED) is 0.510. The summed E-state index contributed by atoms with van der Waals surface area (Å²) < 4.78 is 0. The predicted molar refractivity (Wildman–Crippen MR) is 148 cm³/mol. The summed E-state index contributed by atoms with van der Waals surface area (Å²) in [6, 6.07) is 12.7. The van der Waals surface area contributed by atoms with Crippen LogP contribution in [-0.2, 0) is 16.0 Å². The van der Waals surface area contributed by atoms with Crippen molar-refractivity contribution < 1.29 is 9.59 Å². The Bertz CT molecular complexity index is 1100. The standard InChI is InChI=1S/C31H42N4O2/c1-22(32-2)29(36)21-26(23-10-4-3-5-11-23)31(37)35-19-9-15-28(35)25-16-17-33-30(20-25)34-18-8-13-24-12-6-7-14-27(24)34/h6-7,12,14,16-17,20,22-23,26,28,32H,3-5,8-11,13,15,18-19,21H2,1-2H3. The fourth-order valence-corrected chi connectivity index (χ4v) is 6.70. The summed E-state index contributed by atoms with van der Waals surface area (Å²) in [5.74, 6) is 1.41. The van der Waals surface area contributed by atoms with Crippen LogP contribution in [0.2, 0.25) is 0 Å². The summed E-state index contributed by atoms with van der Waals surface area (Å²) in [4.78, 5) is 36.3. The highest BCUT2D eigenvalue weighted by Gasteiger charge is 2.39. The number of nitrogens with one attached hydrogen (secondary N) is 1. The molecule has 0 radical (unpaired) electrons. The number of likely N-dealkylation sites (tertiary alicyclic amines) is 1. The second-order valence-electron chi connectivity index (χ2n) is 11.2. The summed E-state index contributed by atoms with van der Waals surface area (Å²) in [6.45, 7) is 3.63. The van der Waals surface area contributed by atoms with E-state index in [0.717, 1.165) is 63.0 Å². The second-order valence-corrected chi connectivity index (χ2v) is 11.2. The number of rotatable bonds is 8. The Morgan fingerprint density at radius 1 is 1.03 bits per heavy atom. The van der Waals surface area contributed by atoms with Crippen LogP contribution in [0.4, 0.5) is 11.5 Å². The van der Waals surface area contributed by atoms with Gasteiger partial charge in [-0.05, 0) is 87.7 Å². The van der Waals surface area contributed by atoms with Crippen molar-refractivity contribution in [3.05, 3.63) is 53.7 Å². The smallest absolute Gasteiger partial charge is 0.226 e. The summed E-state index contributed by atoms with van der Waals surface area (Å²) in [6.07, 6.45) is 12.1. The number of pyridine rings is 1. The molecule has 0 spiro atoms. The summed E-state index contributed by atoms with van der Waals surface area (Å²) in [5, 5.41) is 3.07. The third-order valence-corrected chi connectivity index (χ3v) is 8.95. The van der Waals surface area contributed by atoms with E-state index in [4.69, 9.17) is 4.98 Å². The molecule has 198 valence electrons. The fraction of sp³-hybridized carbons (Fsp3) is 0.581. The first kappa shape index (κ1) is 25.9. The number of nitrogens with zero attached hydrogens (tertiary/aromatic N) is 3. The molecule has 1 N–H and O–H groups in total. The number of benzene rings is 1. The molecule has 2 fully saturated rings. The monoisotopic (exact) mass is 502 g/mol. The van der Waals surface area contributed by atoms with Gasteiger partial charge in [0, 0.05) is 37.3 Å². The molecule has 5 rings (SSSR count). The van der Waals surface area contributed by atoms with Gasteiger partial charge in [0.1, 0.15) is 11.6 Å². The summed E-state index contributed by atoms with van der Waals surface area (Å²) in [5.41, 5.74) is 3.78. The molecule has 3 unspecified atom stereocenters. The molecule has 1 aromatic carbocycles. The van der Waals surface area contributed by atoms with Crippen molar-refractivity contribution in [2.45, 2.75) is 83.2 Å². The first-order valence-electron chi connectivity index (χ1n) is 14.4. The van der Waals surface area contributed by atoms with E-state index in [1.54, 1.807) is 0 Å². The van der Waals surface area contributed by atoms with Crippen LogP contribution in [0.5, 0.6) is 0 Å². The molecule has 1 aromatic heterocycles. The maximum Gasteiger partial charge on any atom is 0.226 e. The number of Topliss-reactive ketones (excluding diaryl/α,β-unsaturated/α-hetero) is 1. The van der Waals surface area contributed by atoms with Gasteiger partial charge >= 0.3 is 0 Å². The highest BCUT2D eigenvalue weighted by Crippen LogP contribution is 2.40. The fourth-order valence-electron chi connectivity index (χ4n) is 6.70. The minimum absolute atomic E-state index is 0.0530. The van der Waals surface area contributed by atoms with E-state index in [9.17, 15) is 9.59 Å². The van der Waals surface area contributed by atoms with Crippen molar-refractivity contribution >= 4 is 23.2 Å². The number of likely N-dealkylation sites (N-methyl/N-ethyl adjacent to an activating group) is 1. The molecule has 0 bridgehead atoms. The second kappa shape index (κ2) is 11.8. The van der Waals surface area contributed by atoms with Crippen molar-refractivity contribution in [1.82, 2.24) is 15.2 Å². The number of ketones is 1. The maximum atomic E-state index is 14.2. The number of hydrogen-bond donors (Lipinski definition) is 1. The average molecular weight is 503 g/mol. The highest BCUT2D eigenvalue weighted by atomic mass is 16.2. The van der Waals surface area contributed by atoms with Crippen LogP contribution in [0.3, 0.4) is 0 Å². The van der Waals surface area contributed by atoms with E-state index in [2.05, 4.69) is 51.5 Å². The lowest BCUT2D eigenvalue weighted by atomic mass is 9.76. The van der Waals surface area contributed by atoms with Gasteiger partial charge in [0.2, 0.25) is 5.91 Å². The molecule has 2 aliphatic heterocycles. The van der Waals surface area contributed by atoms with Crippen LogP contribution in [0.25, 0.3) is 0 Å². The van der Waals surface area contributed by atoms with Gasteiger partial charge in [-0.15, -0.1) is 0 Å². The molecule has 3 atom stereocenters. The number of amides is 1. The molecule has 6 nitrogen and oxygen atoms in total. The number of hydrogen-bond acceptors (Lipinski definition) is 5. The number of anilines is 2. The minimum Gasteiger partial charge on any atom is -0.335 e. The van der Waals surface area contributed by atoms with Crippen molar-refractivity contribution in [2.75, 3.05) is 25.0 Å². The zero-order valence-electron chi connectivity index (χ0n) is 22.5. The Balaban J connectivity index is 1.39. The molecule has 3 aliphatic rings. The van der Waals surface area contributed by atoms with Crippen LogP contribution in [0.1, 0.15) is 81.9 Å². The van der Waals surface area contributed by atoms with E-state index in [1.165, 1.54) is 30.5 Å². The van der Waals surface area contributed by atoms with E-state index >= 15 is 0 Å². The molecule has 2 aromatic rings. The summed E-state index contributed by atoms with van der Waals surface area (Å²) in [7, 11) is 1.82. The molecular formula is C31H42N4O2. The largest absolute Gasteiger partial charge is 0.335 e. The van der Waals surface area contributed by atoms with Crippen molar-refractivity contribution in [1.29, 1.82) is 0 Å². The number of aromatic nitrogens is 1. The van der Waals surface area contributed by atoms with E-state index in [-0.39, 0.29) is 29.7 Å². The van der Waals surface area contributed by atoms with Gasteiger partial charge in [-0.1, -0.05) is 37.5 Å². The Kier molecular flexibility index (Phi) is 8.23. The first-order chi connectivity index (χ1) is 18.1. The van der Waals surface area contributed by atoms with Gasteiger partial charge in [0.25, 0.3) is 0 Å². The zero-order chi connectivity index (χ0) is 25.8. The van der Waals surface area contributed by atoms with Crippen LogP contribution < -0.4 is 10.2 Å². The zero-order valence-corrected chi connectivity index (χ0v) is 22.5. The average Bonchev–Trinajstić information content (AvgIpc) is 3.45. The third-order valence-electron chi connectivity index (χ3n) is 8.95. The van der Waals surface area contributed by atoms with Gasteiger partial charge in [-0.3, -0.25) is 9.59 Å². The topological polar surface area (TPSA) is 65.5 Å². The Morgan fingerprint density at radius 3 is 2.65 bits per heavy atom. The van der Waals surface area contributed by atoms with Crippen LogP contribution >= 0.6 is 0 Å². The predicted octanol–water partition coefficient (Wildman–Crippen LogP) is 5.59. The number of aryl methyl sites for hydroxylation is 1. The number of carbonyl (C=O) groups is 2. The molecule has 37 heavy (non-hydrogen) atoms. The van der Waals surface area contributed by atoms with Crippen molar-refractivity contribution in [2.24, 2.45) is 11.8 Å². The van der Waals surface area contributed by atoms with E-state index in [0.29, 0.717) is 12.3 Å². The molecule has 1 aliphatic carbocycles. The molecule has 1 saturated carbocycles. The third kappa shape index (κ3) is 5.59. The Morgan fingerprint density at radius 2 is 1.84 bits per heavy atom. The van der Waals surface area contributed by atoms with Gasteiger partial charge in [0.15, 0.2) is 0 Å². The number of para-hydroxylation sites is 1. The highest BCUT2D eigenvalue weighted by molar-refractivity contribution is 5.90. The lowest BCUT2D eigenvalue weighted by Crippen LogP contribution is -2.42. The van der Waals surface area contributed by atoms with Crippen molar-refractivity contribution in [3.8, 4) is 0 Å². The first-order valence-corrected chi connectivity index (χ1v) is 14.4. The van der Waals surface area contributed by atoms with Gasteiger partial charge < -0.3 is 15.1 Å². The summed E-state index contributed by atoms with van der Waals surface area (Å²) >= 11 is 0. The number of fused-ring (bicyclic) bond motifs is 1. The maximum absolute atomic E-state index is 14.2.